The molecular formula is C15H23N. The summed E-state index contributed by atoms with van der Waals surface area (Å²) in [4.78, 5) is 0. The van der Waals surface area contributed by atoms with E-state index in [1.54, 1.807) is 0 Å². The monoisotopic (exact) mass is 217 g/mol. The van der Waals surface area contributed by atoms with E-state index in [0.29, 0.717) is 11.5 Å². The van der Waals surface area contributed by atoms with Gasteiger partial charge in [-0.25, -0.2) is 0 Å². The second kappa shape index (κ2) is 4.58. The molecule has 0 heterocycles. The molecule has 1 saturated carbocycles. The molecule has 1 heteroatoms. The van der Waals surface area contributed by atoms with Crippen LogP contribution in [0.3, 0.4) is 0 Å². The van der Waals surface area contributed by atoms with Gasteiger partial charge < -0.3 is 5.32 Å². The highest BCUT2D eigenvalue weighted by Gasteiger charge is 2.38. The molecule has 1 fully saturated rings. The first-order valence-corrected chi connectivity index (χ1v) is 6.43. The zero-order chi connectivity index (χ0) is 11.6. The molecule has 0 aromatic heterocycles. The molecule has 0 radical (unpaired) electrons. The van der Waals surface area contributed by atoms with E-state index >= 15 is 0 Å². The predicted octanol–water partition coefficient (Wildman–Crippen LogP) is 3.41. The summed E-state index contributed by atoms with van der Waals surface area (Å²) in [5, 5.41) is 3.60. The summed E-state index contributed by atoms with van der Waals surface area (Å²) in [6.45, 7) is 7.74. The molecule has 1 aromatic carbocycles. The molecule has 0 bridgehead atoms. The fourth-order valence-electron chi connectivity index (χ4n) is 2.48. The fraction of sp³-hybridized carbons (Fsp3) is 0.600. The van der Waals surface area contributed by atoms with Crippen LogP contribution in [0.1, 0.15) is 44.2 Å². The molecule has 16 heavy (non-hydrogen) atoms. The highest BCUT2D eigenvalue weighted by molar-refractivity contribution is 5.31. The Morgan fingerprint density at radius 3 is 2.25 bits per heavy atom. The molecule has 0 aliphatic heterocycles. The third-order valence-electron chi connectivity index (χ3n) is 3.82. The van der Waals surface area contributed by atoms with Gasteiger partial charge in [0.05, 0.1) is 0 Å². The van der Waals surface area contributed by atoms with E-state index in [4.69, 9.17) is 0 Å². The summed E-state index contributed by atoms with van der Waals surface area (Å²) in [6.07, 6.45) is 4.07. The number of nitrogens with one attached hydrogen (secondary N) is 1. The number of aryl methyl sites for hydroxylation is 1. The second-order valence-corrected chi connectivity index (χ2v) is 5.54. The van der Waals surface area contributed by atoms with E-state index in [1.165, 1.54) is 30.4 Å². The van der Waals surface area contributed by atoms with E-state index in [1.807, 2.05) is 0 Å². The molecule has 0 unspecified atom stereocenters. The van der Waals surface area contributed by atoms with E-state index in [0.717, 1.165) is 6.54 Å². The number of hydrogen-bond acceptors (Lipinski definition) is 1. The van der Waals surface area contributed by atoms with Crippen LogP contribution in [-0.2, 0) is 5.41 Å². The number of rotatable bonds is 4. The van der Waals surface area contributed by atoms with Crippen LogP contribution < -0.4 is 5.32 Å². The van der Waals surface area contributed by atoms with Gasteiger partial charge in [0.2, 0.25) is 0 Å². The lowest BCUT2D eigenvalue weighted by atomic mass is 9.64. The van der Waals surface area contributed by atoms with Crippen LogP contribution in [0.25, 0.3) is 0 Å². The van der Waals surface area contributed by atoms with Crippen LogP contribution in [-0.4, -0.2) is 12.6 Å². The summed E-state index contributed by atoms with van der Waals surface area (Å²) in [5.74, 6) is 0. The molecule has 1 aliphatic rings. The van der Waals surface area contributed by atoms with Crippen molar-refractivity contribution in [1.29, 1.82) is 0 Å². The molecule has 2 rings (SSSR count). The maximum absolute atomic E-state index is 3.60. The Kier molecular flexibility index (Phi) is 3.34. The van der Waals surface area contributed by atoms with Gasteiger partial charge >= 0.3 is 0 Å². The van der Waals surface area contributed by atoms with Gasteiger partial charge in [0.15, 0.2) is 0 Å². The van der Waals surface area contributed by atoms with Gasteiger partial charge in [-0.05, 0) is 25.3 Å². The first-order chi connectivity index (χ1) is 7.62. The van der Waals surface area contributed by atoms with Gasteiger partial charge in [-0.15, -0.1) is 0 Å². The lowest BCUT2D eigenvalue weighted by Crippen LogP contribution is -2.45. The minimum atomic E-state index is 0.429. The number of benzene rings is 1. The zero-order valence-corrected chi connectivity index (χ0v) is 10.7. The van der Waals surface area contributed by atoms with Crippen molar-refractivity contribution in [2.24, 2.45) is 0 Å². The Bertz CT molecular complexity index is 333. The average molecular weight is 217 g/mol. The van der Waals surface area contributed by atoms with Crippen LogP contribution in [0.5, 0.6) is 0 Å². The van der Waals surface area contributed by atoms with Gasteiger partial charge in [0.25, 0.3) is 0 Å². The molecule has 1 aliphatic carbocycles. The van der Waals surface area contributed by atoms with Gasteiger partial charge in [0, 0.05) is 18.0 Å². The summed E-state index contributed by atoms with van der Waals surface area (Å²) in [5.41, 5.74) is 3.31. The van der Waals surface area contributed by atoms with Gasteiger partial charge in [0.1, 0.15) is 0 Å². The topological polar surface area (TPSA) is 12.0 Å². The molecule has 0 spiro atoms. The molecule has 88 valence electrons. The third kappa shape index (κ3) is 2.30. The summed E-state index contributed by atoms with van der Waals surface area (Å²) >= 11 is 0. The van der Waals surface area contributed by atoms with E-state index < -0.39 is 0 Å². The van der Waals surface area contributed by atoms with Crippen LogP contribution in [0.4, 0.5) is 0 Å². The van der Waals surface area contributed by atoms with Crippen LogP contribution in [0.2, 0.25) is 0 Å². The van der Waals surface area contributed by atoms with E-state index in [2.05, 4.69) is 50.4 Å². The second-order valence-electron chi connectivity index (χ2n) is 5.54. The maximum Gasteiger partial charge on any atom is 0.00778 e. The molecule has 0 saturated heterocycles. The van der Waals surface area contributed by atoms with Crippen molar-refractivity contribution < 1.29 is 0 Å². The Morgan fingerprint density at radius 1 is 1.19 bits per heavy atom. The zero-order valence-electron chi connectivity index (χ0n) is 10.7. The Hall–Kier alpha value is -0.820. The van der Waals surface area contributed by atoms with Crippen molar-refractivity contribution in [2.45, 2.75) is 51.5 Å². The fourth-order valence-corrected chi connectivity index (χ4v) is 2.48. The third-order valence-corrected chi connectivity index (χ3v) is 3.82. The standard InChI is InChI=1S/C15H23N/c1-12(2)16-11-15(9-4-10-15)14-7-5-13(3)6-8-14/h5-8,12,16H,4,9-11H2,1-3H3. The lowest BCUT2D eigenvalue weighted by molar-refractivity contribution is 0.228. The predicted molar refractivity (Wildman–Crippen MR) is 69.8 cm³/mol. The number of hydrogen-bond donors (Lipinski definition) is 1. The summed E-state index contributed by atoms with van der Waals surface area (Å²) < 4.78 is 0. The normalized spacial score (nSPS) is 18.5. The Labute approximate surface area is 99.3 Å². The summed E-state index contributed by atoms with van der Waals surface area (Å²) in [7, 11) is 0. The molecule has 0 atom stereocenters. The van der Waals surface area contributed by atoms with Crippen molar-refractivity contribution >= 4 is 0 Å². The lowest BCUT2D eigenvalue weighted by Gasteiger charge is -2.43. The van der Waals surface area contributed by atoms with Crippen LogP contribution in [0.15, 0.2) is 24.3 Å². The quantitative estimate of drug-likeness (QED) is 0.815. The van der Waals surface area contributed by atoms with Crippen LogP contribution in [0, 0.1) is 6.92 Å². The Balaban J connectivity index is 2.11. The molecule has 1 nitrogen and oxygen atoms in total. The molecule has 0 amide bonds. The van der Waals surface area contributed by atoms with Crippen molar-refractivity contribution in [1.82, 2.24) is 5.32 Å². The van der Waals surface area contributed by atoms with E-state index in [-0.39, 0.29) is 0 Å². The molecule has 1 aromatic rings. The van der Waals surface area contributed by atoms with Crippen molar-refractivity contribution in [2.75, 3.05) is 6.54 Å². The summed E-state index contributed by atoms with van der Waals surface area (Å²) in [6, 6.07) is 9.70. The largest absolute Gasteiger partial charge is 0.314 e. The van der Waals surface area contributed by atoms with Gasteiger partial charge in [-0.2, -0.15) is 0 Å². The van der Waals surface area contributed by atoms with E-state index in [9.17, 15) is 0 Å². The average Bonchev–Trinajstić information content (AvgIpc) is 2.18. The first-order valence-electron chi connectivity index (χ1n) is 6.43. The minimum absolute atomic E-state index is 0.429. The van der Waals surface area contributed by atoms with Crippen molar-refractivity contribution in [3.8, 4) is 0 Å². The Morgan fingerprint density at radius 2 is 1.81 bits per heavy atom. The molecule has 1 N–H and O–H groups in total. The van der Waals surface area contributed by atoms with Gasteiger partial charge in [-0.3, -0.25) is 0 Å². The molecular weight excluding hydrogens is 194 g/mol. The van der Waals surface area contributed by atoms with Crippen molar-refractivity contribution in [3.63, 3.8) is 0 Å². The SMILES string of the molecule is Cc1ccc(C2(CNC(C)C)CCC2)cc1. The first kappa shape index (κ1) is 11.7. The smallest absolute Gasteiger partial charge is 0.00778 e. The van der Waals surface area contributed by atoms with Crippen LogP contribution >= 0.6 is 0 Å². The van der Waals surface area contributed by atoms with Gasteiger partial charge in [-0.1, -0.05) is 50.1 Å². The highest BCUT2D eigenvalue weighted by atomic mass is 14.9. The maximum atomic E-state index is 3.60. The van der Waals surface area contributed by atoms with Crippen molar-refractivity contribution in [3.05, 3.63) is 35.4 Å². The highest BCUT2D eigenvalue weighted by Crippen LogP contribution is 2.43. The minimum Gasteiger partial charge on any atom is -0.314 e.